The van der Waals surface area contributed by atoms with Crippen molar-refractivity contribution < 1.29 is 0 Å². The van der Waals surface area contributed by atoms with E-state index >= 15 is 0 Å². The number of hydrogen-bond acceptors (Lipinski definition) is 3. The summed E-state index contributed by atoms with van der Waals surface area (Å²) in [5.41, 5.74) is 2.82. The molecule has 0 saturated heterocycles. The van der Waals surface area contributed by atoms with Crippen molar-refractivity contribution in [1.29, 1.82) is 5.26 Å². The lowest BCUT2D eigenvalue weighted by Gasteiger charge is -2.11. The summed E-state index contributed by atoms with van der Waals surface area (Å²) in [5, 5.41) is 12.2. The lowest BCUT2D eigenvalue weighted by molar-refractivity contribution is 0.734. The van der Waals surface area contributed by atoms with Crippen molar-refractivity contribution in [3.05, 3.63) is 53.7 Å². The topological polar surface area (TPSA) is 48.7 Å². The van der Waals surface area contributed by atoms with Crippen LogP contribution in [-0.2, 0) is 0 Å². The number of benzene rings is 1. The van der Waals surface area contributed by atoms with Gasteiger partial charge in [0, 0.05) is 11.9 Å². The average molecular weight is 251 g/mol. The molecule has 0 radical (unpaired) electrons. The fraction of sp³-hybridized carbons (Fsp3) is 0.250. The van der Waals surface area contributed by atoms with E-state index in [4.69, 9.17) is 5.26 Å². The van der Waals surface area contributed by atoms with Crippen LogP contribution < -0.4 is 5.32 Å². The minimum atomic E-state index is 0.550. The molecular formula is C16H17N3. The summed E-state index contributed by atoms with van der Waals surface area (Å²) >= 11 is 0. The molecule has 96 valence electrons. The molecule has 0 fully saturated rings. The van der Waals surface area contributed by atoms with Crippen molar-refractivity contribution in [1.82, 2.24) is 4.98 Å². The van der Waals surface area contributed by atoms with E-state index in [-0.39, 0.29) is 0 Å². The molecule has 0 unspecified atom stereocenters. The number of nitrogens with one attached hydrogen (secondary N) is 1. The van der Waals surface area contributed by atoms with Gasteiger partial charge in [0.2, 0.25) is 0 Å². The highest BCUT2D eigenvalue weighted by molar-refractivity contribution is 5.62. The van der Waals surface area contributed by atoms with Crippen LogP contribution in [0.25, 0.3) is 0 Å². The predicted molar refractivity (Wildman–Crippen MR) is 77.4 cm³/mol. The second-order valence-electron chi connectivity index (χ2n) is 4.57. The summed E-state index contributed by atoms with van der Waals surface area (Å²) in [4.78, 5) is 4.18. The first-order valence-corrected chi connectivity index (χ1v) is 6.46. The third-order valence-electron chi connectivity index (χ3n) is 3.28. The molecule has 19 heavy (non-hydrogen) atoms. The standard InChI is InChI=1S/C16H17N3/c1-3-12(2)13-6-8-15(9-7-13)19-16-14(11-17)5-4-10-18-16/h4-10,12H,3H2,1-2H3,(H,18,19)/t12-/m0/s1. The molecule has 1 N–H and O–H groups in total. The van der Waals surface area contributed by atoms with Gasteiger partial charge >= 0.3 is 0 Å². The number of anilines is 2. The molecule has 2 aromatic rings. The van der Waals surface area contributed by atoms with Crippen molar-refractivity contribution in [3.8, 4) is 6.07 Å². The van der Waals surface area contributed by atoms with Crippen molar-refractivity contribution >= 4 is 11.5 Å². The van der Waals surface area contributed by atoms with Crippen LogP contribution in [0.1, 0.15) is 37.3 Å². The van der Waals surface area contributed by atoms with Gasteiger partial charge in [0.15, 0.2) is 0 Å². The van der Waals surface area contributed by atoms with Crippen molar-refractivity contribution in [2.45, 2.75) is 26.2 Å². The summed E-state index contributed by atoms with van der Waals surface area (Å²) in [7, 11) is 0. The van der Waals surface area contributed by atoms with E-state index in [9.17, 15) is 0 Å². The van der Waals surface area contributed by atoms with Gasteiger partial charge in [-0.15, -0.1) is 0 Å². The minimum absolute atomic E-state index is 0.550. The molecular weight excluding hydrogens is 234 g/mol. The molecule has 1 atom stereocenters. The Balaban J connectivity index is 2.18. The Bertz CT molecular complexity index is 582. The van der Waals surface area contributed by atoms with Crippen LogP contribution in [0.15, 0.2) is 42.6 Å². The largest absolute Gasteiger partial charge is 0.339 e. The van der Waals surface area contributed by atoms with E-state index in [2.05, 4.69) is 42.4 Å². The first-order valence-electron chi connectivity index (χ1n) is 6.46. The fourth-order valence-electron chi connectivity index (χ4n) is 1.86. The molecule has 0 bridgehead atoms. The SMILES string of the molecule is CC[C@H](C)c1ccc(Nc2ncccc2C#N)cc1. The van der Waals surface area contributed by atoms with Crippen LogP contribution in [0.4, 0.5) is 11.5 Å². The third-order valence-corrected chi connectivity index (χ3v) is 3.28. The molecule has 0 aliphatic heterocycles. The summed E-state index contributed by atoms with van der Waals surface area (Å²) in [6.07, 6.45) is 2.81. The van der Waals surface area contributed by atoms with Gasteiger partial charge in [-0.25, -0.2) is 4.98 Å². The highest BCUT2D eigenvalue weighted by Gasteiger charge is 2.05. The highest BCUT2D eigenvalue weighted by Crippen LogP contribution is 2.22. The van der Waals surface area contributed by atoms with Crippen molar-refractivity contribution in [3.63, 3.8) is 0 Å². The van der Waals surface area contributed by atoms with Gasteiger partial charge in [0.1, 0.15) is 11.9 Å². The number of aromatic nitrogens is 1. The molecule has 3 nitrogen and oxygen atoms in total. The number of pyridine rings is 1. The highest BCUT2D eigenvalue weighted by atomic mass is 15.0. The Labute approximate surface area is 113 Å². The van der Waals surface area contributed by atoms with Gasteiger partial charge in [0.05, 0.1) is 5.56 Å². The van der Waals surface area contributed by atoms with E-state index in [0.29, 0.717) is 17.3 Å². The van der Waals surface area contributed by atoms with E-state index in [0.717, 1.165) is 12.1 Å². The Morgan fingerprint density at radius 2 is 2.00 bits per heavy atom. The van der Waals surface area contributed by atoms with Crippen molar-refractivity contribution in [2.24, 2.45) is 0 Å². The molecule has 1 aromatic carbocycles. The van der Waals surface area contributed by atoms with E-state index in [1.807, 2.05) is 12.1 Å². The average Bonchev–Trinajstić information content (AvgIpc) is 2.48. The lowest BCUT2D eigenvalue weighted by atomic mass is 9.99. The zero-order chi connectivity index (χ0) is 13.7. The Hall–Kier alpha value is -2.34. The normalized spacial score (nSPS) is 11.6. The molecule has 0 aliphatic carbocycles. The molecule has 0 spiro atoms. The van der Waals surface area contributed by atoms with Crippen LogP contribution >= 0.6 is 0 Å². The van der Waals surface area contributed by atoms with Crippen LogP contribution in [-0.4, -0.2) is 4.98 Å². The zero-order valence-electron chi connectivity index (χ0n) is 11.2. The fourth-order valence-corrected chi connectivity index (χ4v) is 1.86. The number of nitriles is 1. The second-order valence-corrected chi connectivity index (χ2v) is 4.57. The molecule has 1 aromatic heterocycles. The van der Waals surface area contributed by atoms with E-state index < -0.39 is 0 Å². The van der Waals surface area contributed by atoms with Crippen LogP contribution in [0.3, 0.4) is 0 Å². The van der Waals surface area contributed by atoms with Gasteiger partial charge in [-0.3, -0.25) is 0 Å². The summed E-state index contributed by atoms with van der Waals surface area (Å²) in [6, 6.07) is 13.9. The summed E-state index contributed by atoms with van der Waals surface area (Å²) in [6.45, 7) is 4.40. The van der Waals surface area contributed by atoms with Crippen LogP contribution in [0.2, 0.25) is 0 Å². The zero-order valence-corrected chi connectivity index (χ0v) is 11.2. The van der Waals surface area contributed by atoms with E-state index in [1.54, 1.807) is 18.3 Å². The number of nitrogens with zero attached hydrogens (tertiary/aromatic N) is 2. The van der Waals surface area contributed by atoms with E-state index in [1.165, 1.54) is 5.56 Å². The second kappa shape index (κ2) is 6.01. The minimum Gasteiger partial charge on any atom is -0.339 e. The Morgan fingerprint density at radius 3 is 2.63 bits per heavy atom. The molecule has 0 saturated carbocycles. The Kier molecular flexibility index (Phi) is 4.15. The summed E-state index contributed by atoms with van der Waals surface area (Å²) < 4.78 is 0. The maximum atomic E-state index is 9.02. The lowest BCUT2D eigenvalue weighted by Crippen LogP contribution is -1.97. The van der Waals surface area contributed by atoms with Gasteiger partial charge in [-0.1, -0.05) is 26.0 Å². The smallest absolute Gasteiger partial charge is 0.148 e. The maximum absolute atomic E-state index is 9.02. The first-order chi connectivity index (χ1) is 9.24. The molecule has 1 heterocycles. The first kappa shape index (κ1) is 13.1. The van der Waals surface area contributed by atoms with Gasteiger partial charge in [-0.2, -0.15) is 5.26 Å². The van der Waals surface area contributed by atoms with Crippen molar-refractivity contribution in [2.75, 3.05) is 5.32 Å². The maximum Gasteiger partial charge on any atom is 0.148 e. The molecule has 0 aliphatic rings. The van der Waals surface area contributed by atoms with Crippen LogP contribution in [0, 0.1) is 11.3 Å². The number of rotatable bonds is 4. The summed E-state index contributed by atoms with van der Waals surface area (Å²) in [5.74, 6) is 1.17. The number of hydrogen-bond donors (Lipinski definition) is 1. The molecule has 2 rings (SSSR count). The molecule has 0 amide bonds. The van der Waals surface area contributed by atoms with Gasteiger partial charge in [-0.05, 0) is 42.2 Å². The quantitative estimate of drug-likeness (QED) is 0.885. The Morgan fingerprint density at radius 1 is 1.26 bits per heavy atom. The van der Waals surface area contributed by atoms with Gasteiger partial charge in [0.25, 0.3) is 0 Å². The molecule has 3 heteroatoms. The monoisotopic (exact) mass is 251 g/mol. The van der Waals surface area contributed by atoms with Gasteiger partial charge < -0.3 is 5.32 Å². The third kappa shape index (κ3) is 3.11. The predicted octanol–water partition coefficient (Wildman–Crippen LogP) is 4.21. The van der Waals surface area contributed by atoms with Crippen LogP contribution in [0.5, 0.6) is 0 Å².